The minimum absolute atomic E-state index is 0.903. The molecule has 0 unspecified atom stereocenters. The van der Waals surface area contributed by atoms with Gasteiger partial charge in [0.05, 0.1) is 10.2 Å². The zero-order chi connectivity index (χ0) is 12.4. The number of hydrogen-bond acceptors (Lipinski definition) is 3. The highest BCUT2D eigenvalue weighted by atomic mass is 32.1. The number of hydrogen-bond donors (Lipinski definition) is 1. The number of nitrogens with one attached hydrogen (secondary N) is 1. The fraction of sp³-hybridized carbons (Fsp3) is 0.133. The van der Waals surface area contributed by atoms with Crippen LogP contribution in [0.25, 0.3) is 20.8 Å². The van der Waals surface area contributed by atoms with Crippen molar-refractivity contribution < 1.29 is 0 Å². The van der Waals surface area contributed by atoms with Crippen LogP contribution in [-0.2, 0) is 6.54 Å². The van der Waals surface area contributed by atoms with E-state index < -0.39 is 0 Å². The Hall–Kier alpha value is -1.71. The summed E-state index contributed by atoms with van der Waals surface area (Å²) in [7, 11) is 1.96. The Kier molecular flexibility index (Phi) is 3.09. The van der Waals surface area contributed by atoms with E-state index in [-0.39, 0.29) is 0 Å². The topological polar surface area (TPSA) is 24.9 Å². The van der Waals surface area contributed by atoms with E-state index in [9.17, 15) is 0 Å². The lowest BCUT2D eigenvalue weighted by Gasteiger charge is -2.00. The first kappa shape index (κ1) is 11.4. The largest absolute Gasteiger partial charge is 0.316 e. The minimum atomic E-state index is 0.903. The van der Waals surface area contributed by atoms with E-state index in [4.69, 9.17) is 0 Å². The molecule has 3 rings (SSSR count). The van der Waals surface area contributed by atoms with Gasteiger partial charge in [-0.25, -0.2) is 4.98 Å². The molecule has 1 heterocycles. The molecule has 0 fully saturated rings. The standard InChI is InChI=1S/C15H14N2S/c1-16-10-11-6-8-12(9-7-11)15-17-13-4-2-3-5-14(13)18-15/h2-9,16H,10H2,1H3. The second-order valence-electron chi connectivity index (χ2n) is 4.21. The number of para-hydroxylation sites is 1. The first-order valence-corrected chi connectivity index (χ1v) is 6.78. The van der Waals surface area contributed by atoms with Gasteiger partial charge in [-0.3, -0.25) is 0 Å². The summed E-state index contributed by atoms with van der Waals surface area (Å²) in [5.41, 5.74) is 3.57. The molecule has 0 spiro atoms. The Bertz CT molecular complexity index is 623. The van der Waals surface area contributed by atoms with Crippen LogP contribution in [0.1, 0.15) is 5.56 Å². The van der Waals surface area contributed by atoms with E-state index in [0.29, 0.717) is 0 Å². The summed E-state index contributed by atoms with van der Waals surface area (Å²) < 4.78 is 1.24. The molecule has 90 valence electrons. The summed E-state index contributed by atoms with van der Waals surface area (Å²) in [6.07, 6.45) is 0. The molecule has 0 saturated carbocycles. The predicted molar refractivity (Wildman–Crippen MR) is 77.8 cm³/mol. The van der Waals surface area contributed by atoms with Gasteiger partial charge in [0.15, 0.2) is 0 Å². The summed E-state index contributed by atoms with van der Waals surface area (Å²) >= 11 is 1.74. The zero-order valence-corrected chi connectivity index (χ0v) is 11.0. The molecule has 0 atom stereocenters. The summed E-state index contributed by atoms with van der Waals surface area (Å²) in [5.74, 6) is 0. The summed E-state index contributed by atoms with van der Waals surface area (Å²) in [6.45, 7) is 0.903. The molecule has 0 aliphatic heterocycles. The van der Waals surface area contributed by atoms with Crippen molar-refractivity contribution in [2.24, 2.45) is 0 Å². The highest BCUT2D eigenvalue weighted by Gasteiger charge is 2.05. The molecule has 2 nitrogen and oxygen atoms in total. The highest BCUT2D eigenvalue weighted by molar-refractivity contribution is 7.21. The number of thiazole rings is 1. The van der Waals surface area contributed by atoms with Crippen LogP contribution in [0.5, 0.6) is 0 Å². The lowest BCUT2D eigenvalue weighted by molar-refractivity contribution is 0.818. The van der Waals surface area contributed by atoms with E-state index in [2.05, 4.69) is 52.8 Å². The van der Waals surface area contributed by atoms with E-state index >= 15 is 0 Å². The SMILES string of the molecule is CNCc1ccc(-c2nc3ccccc3s2)cc1. The fourth-order valence-corrected chi connectivity index (χ4v) is 2.94. The monoisotopic (exact) mass is 254 g/mol. The molecule has 1 aromatic heterocycles. The molecular weight excluding hydrogens is 240 g/mol. The van der Waals surface area contributed by atoms with Crippen LogP contribution in [-0.4, -0.2) is 12.0 Å². The number of aromatic nitrogens is 1. The van der Waals surface area contributed by atoms with Crippen molar-refractivity contribution in [1.29, 1.82) is 0 Å². The van der Waals surface area contributed by atoms with Crippen molar-refractivity contribution in [3.63, 3.8) is 0 Å². The van der Waals surface area contributed by atoms with E-state index in [1.165, 1.54) is 15.8 Å². The number of fused-ring (bicyclic) bond motifs is 1. The van der Waals surface area contributed by atoms with Crippen LogP contribution in [0.4, 0.5) is 0 Å². The average molecular weight is 254 g/mol. The van der Waals surface area contributed by atoms with Gasteiger partial charge in [0, 0.05) is 12.1 Å². The normalized spacial score (nSPS) is 10.9. The molecule has 0 amide bonds. The maximum Gasteiger partial charge on any atom is 0.124 e. The van der Waals surface area contributed by atoms with E-state index in [0.717, 1.165) is 17.1 Å². The minimum Gasteiger partial charge on any atom is -0.316 e. The Balaban J connectivity index is 1.98. The Morgan fingerprint density at radius 3 is 2.56 bits per heavy atom. The number of benzene rings is 2. The number of rotatable bonds is 3. The summed E-state index contributed by atoms with van der Waals surface area (Å²) in [6, 6.07) is 16.9. The quantitative estimate of drug-likeness (QED) is 0.771. The lowest BCUT2D eigenvalue weighted by atomic mass is 10.1. The van der Waals surface area contributed by atoms with Crippen molar-refractivity contribution in [3.8, 4) is 10.6 Å². The molecular formula is C15H14N2S. The van der Waals surface area contributed by atoms with Gasteiger partial charge in [0.25, 0.3) is 0 Å². The molecule has 0 aliphatic rings. The molecule has 1 N–H and O–H groups in total. The lowest BCUT2D eigenvalue weighted by Crippen LogP contribution is -2.04. The van der Waals surface area contributed by atoms with Gasteiger partial charge >= 0.3 is 0 Å². The summed E-state index contributed by atoms with van der Waals surface area (Å²) in [4.78, 5) is 4.66. The third-order valence-electron chi connectivity index (χ3n) is 2.88. The van der Waals surface area contributed by atoms with E-state index in [1.54, 1.807) is 11.3 Å². The molecule has 18 heavy (non-hydrogen) atoms. The van der Waals surface area contributed by atoms with E-state index in [1.807, 2.05) is 13.1 Å². The summed E-state index contributed by atoms with van der Waals surface area (Å²) in [5, 5.41) is 4.24. The fourth-order valence-electron chi connectivity index (χ4n) is 1.96. The molecule has 0 radical (unpaired) electrons. The van der Waals surface area contributed by atoms with Crippen molar-refractivity contribution in [2.45, 2.75) is 6.54 Å². The Morgan fingerprint density at radius 2 is 1.83 bits per heavy atom. The van der Waals surface area contributed by atoms with Crippen LogP contribution in [0.2, 0.25) is 0 Å². The smallest absolute Gasteiger partial charge is 0.124 e. The third kappa shape index (κ3) is 2.15. The molecule has 0 aliphatic carbocycles. The van der Waals surface area contributed by atoms with Crippen molar-refractivity contribution in [1.82, 2.24) is 10.3 Å². The van der Waals surface area contributed by atoms with Gasteiger partial charge in [0.1, 0.15) is 5.01 Å². The van der Waals surface area contributed by atoms with Gasteiger partial charge in [-0.1, -0.05) is 36.4 Å². The third-order valence-corrected chi connectivity index (χ3v) is 3.96. The second-order valence-corrected chi connectivity index (χ2v) is 5.24. The van der Waals surface area contributed by atoms with Gasteiger partial charge in [0.2, 0.25) is 0 Å². The first-order valence-electron chi connectivity index (χ1n) is 5.96. The molecule has 2 aromatic carbocycles. The maximum absolute atomic E-state index is 4.66. The molecule has 3 heteroatoms. The maximum atomic E-state index is 4.66. The van der Waals surface area contributed by atoms with Crippen molar-refractivity contribution in [2.75, 3.05) is 7.05 Å². The van der Waals surface area contributed by atoms with Gasteiger partial charge in [-0.2, -0.15) is 0 Å². The Morgan fingerprint density at radius 1 is 1.06 bits per heavy atom. The number of nitrogens with zero attached hydrogens (tertiary/aromatic N) is 1. The Labute approximate surface area is 110 Å². The van der Waals surface area contributed by atoms with Crippen molar-refractivity contribution >= 4 is 21.6 Å². The first-order chi connectivity index (χ1) is 8.86. The predicted octanol–water partition coefficient (Wildman–Crippen LogP) is 3.68. The highest BCUT2D eigenvalue weighted by Crippen LogP contribution is 2.29. The molecule has 3 aromatic rings. The van der Waals surface area contributed by atoms with Crippen LogP contribution < -0.4 is 5.32 Å². The van der Waals surface area contributed by atoms with Crippen molar-refractivity contribution in [3.05, 3.63) is 54.1 Å². The van der Waals surface area contributed by atoms with Crippen LogP contribution in [0.3, 0.4) is 0 Å². The second kappa shape index (κ2) is 4.88. The van der Waals surface area contributed by atoms with Crippen LogP contribution in [0.15, 0.2) is 48.5 Å². The van der Waals surface area contributed by atoms with Gasteiger partial charge in [-0.15, -0.1) is 11.3 Å². The molecule has 0 saturated heterocycles. The van der Waals surface area contributed by atoms with Gasteiger partial charge < -0.3 is 5.32 Å². The average Bonchev–Trinajstić information content (AvgIpc) is 2.84. The zero-order valence-electron chi connectivity index (χ0n) is 10.2. The van der Waals surface area contributed by atoms with Crippen LogP contribution in [0, 0.1) is 0 Å². The van der Waals surface area contributed by atoms with Crippen LogP contribution >= 0.6 is 11.3 Å². The molecule has 0 bridgehead atoms. The van der Waals surface area contributed by atoms with Gasteiger partial charge in [-0.05, 0) is 24.7 Å².